The summed E-state index contributed by atoms with van der Waals surface area (Å²) in [5, 5.41) is 0. The Morgan fingerprint density at radius 1 is 1.19 bits per heavy atom. The number of nitrogens with zero attached hydrogens (tertiary/aromatic N) is 1. The van der Waals surface area contributed by atoms with E-state index in [4.69, 9.17) is 5.73 Å². The zero-order chi connectivity index (χ0) is 11.4. The van der Waals surface area contributed by atoms with E-state index in [2.05, 4.69) is 16.8 Å². The van der Waals surface area contributed by atoms with Gasteiger partial charge in [-0.3, -0.25) is 4.98 Å². The molecule has 0 bridgehead atoms. The van der Waals surface area contributed by atoms with Gasteiger partial charge in [-0.05, 0) is 24.3 Å². The Hall–Kier alpha value is -2.34. The molecule has 1 aromatic heterocycles. The van der Waals surface area contributed by atoms with Crippen LogP contribution in [0.25, 0.3) is 0 Å². The highest BCUT2D eigenvalue weighted by atomic mass is 19.1. The lowest BCUT2D eigenvalue weighted by Crippen LogP contribution is -1.86. The van der Waals surface area contributed by atoms with E-state index >= 15 is 0 Å². The first-order valence-corrected chi connectivity index (χ1v) is 4.73. The highest BCUT2D eigenvalue weighted by Crippen LogP contribution is 2.06. The van der Waals surface area contributed by atoms with Crippen LogP contribution in [0.1, 0.15) is 11.1 Å². The summed E-state index contributed by atoms with van der Waals surface area (Å²) in [5.74, 6) is 5.16. The van der Waals surface area contributed by atoms with Gasteiger partial charge in [0.15, 0.2) is 5.82 Å². The third-order valence-corrected chi connectivity index (χ3v) is 2.00. The molecule has 0 aliphatic carbocycles. The molecule has 0 atom stereocenters. The molecule has 2 N–H and O–H groups in total. The molecule has 0 aliphatic rings. The number of pyridine rings is 1. The van der Waals surface area contributed by atoms with Gasteiger partial charge in [-0.1, -0.05) is 17.9 Å². The van der Waals surface area contributed by atoms with Gasteiger partial charge >= 0.3 is 0 Å². The minimum absolute atomic E-state index is 0.331. The second-order valence-corrected chi connectivity index (χ2v) is 3.23. The minimum atomic E-state index is -0.418. The molecule has 3 heteroatoms. The number of hydrogen-bond acceptors (Lipinski definition) is 2. The highest BCUT2D eigenvalue weighted by molar-refractivity contribution is 5.49. The largest absolute Gasteiger partial charge is 0.399 e. The zero-order valence-corrected chi connectivity index (χ0v) is 8.44. The summed E-state index contributed by atoms with van der Waals surface area (Å²) < 4.78 is 13.2. The first kappa shape index (κ1) is 10.2. The monoisotopic (exact) mass is 212 g/mol. The van der Waals surface area contributed by atoms with Gasteiger partial charge in [0.2, 0.25) is 0 Å². The molecule has 78 valence electrons. The van der Waals surface area contributed by atoms with Crippen molar-refractivity contribution in [2.24, 2.45) is 0 Å². The third-order valence-electron chi connectivity index (χ3n) is 2.00. The molecule has 0 unspecified atom stereocenters. The van der Waals surface area contributed by atoms with E-state index < -0.39 is 5.82 Å². The molecule has 0 saturated heterocycles. The Bertz CT molecular complexity index is 567. The number of rotatable bonds is 0. The average Bonchev–Trinajstić information content (AvgIpc) is 2.28. The van der Waals surface area contributed by atoms with Crippen LogP contribution in [0.15, 0.2) is 42.7 Å². The summed E-state index contributed by atoms with van der Waals surface area (Å²) in [6.45, 7) is 0. The standard InChI is InChI=1S/C13H9FN2/c14-13-9-16-7-6-11(13)5-4-10-2-1-3-12(15)8-10/h1-3,6-9H,15H2. The van der Waals surface area contributed by atoms with Crippen molar-refractivity contribution < 1.29 is 4.39 Å². The van der Waals surface area contributed by atoms with Crippen molar-refractivity contribution in [1.82, 2.24) is 4.98 Å². The number of anilines is 1. The van der Waals surface area contributed by atoms with E-state index in [1.807, 2.05) is 12.1 Å². The molecule has 0 aliphatic heterocycles. The molecular formula is C13H9FN2. The lowest BCUT2D eigenvalue weighted by atomic mass is 10.2. The summed E-state index contributed by atoms with van der Waals surface area (Å²) in [6.07, 6.45) is 2.65. The fourth-order valence-electron chi connectivity index (χ4n) is 1.23. The fourth-order valence-corrected chi connectivity index (χ4v) is 1.23. The van der Waals surface area contributed by atoms with E-state index in [-0.39, 0.29) is 0 Å². The summed E-state index contributed by atoms with van der Waals surface area (Å²) in [5.41, 5.74) is 7.34. The number of nitrogen functional groups attached to an aromatic ring is 1. The smallest absolute Gasteiger partial charge is 0.157 e. The van der Waals surface area contributed by atoms with Gasteiger partial charge < -0.3 is 5.73 Å². The third kappa shape index (κ3) is 2.37. The Labute approximate surface area is 92.9 Å². The van der Waals surface area contributed by atoms with Crippen LogP contribution in [0.2, 0.25) is 0 Å². The lowest BCUT2D eigenvalue weighted by Gasteiger charge is -1.93. The summed E-state index contributed by atoms with van der Waals surface area (Å²) in [7, 11) is 0. The molecule has 0 amide bonds. The van der Waals surface area contributed by atoms with Crippen LogP contribution in [0.4, 0.5) is 10.1 Å². The number of halogens is 1. The molecular weight excluding hydrogens is 203 g/mol. The summed E-state index contributed by atoms with van der Waals surface area (Å²) in [6, 6.07) is 8.68. The van der Waals surface area contributed by atoms with Gasteiger partial charge in [-0.25, -0.2) is 4.39 Å². The molecule has 0 saturated carbocycles. The van der Waals surface area contributed by atoms with Crippen LogP contribution < -0.4 is 5.73 Å². The number of aromatic nitrogens is 1. The van der Waals surface area contributed by atoms with Crippen LogP contribution in [0.3, 0.4) is 0 Å². The van der Waals surface area contributed by atoms with Crippen LogP contribution in [0, 0.1) is 17.7 Å². The molecule has 16 heavy (non-hydrogen) atoms. The van der Waals surface area contributed by atoms with Crippen molar-refractivity contribution >= 4 is 5.69 Å². The number of benzene rings is 1. The van der Waals surface area contributed by atoms with Gasteiger partial charge in [0, 0.05) is 17.4 Å². The summed E-state index contributed by atoms with van der Waals surface area (Å²) >= 11 is 0. The van der Waals surface area contributed by atoms with Crippen LogP contribution in [0.5, 0.6) is 0 Å². The molecule has 1 heterocycles. The van der Waals surface area contributed by atoms with Crippen molar-refractivity contribution in [1.29, 1.82) is 0 Å². The predicted octanol–water partition coefficient (Wildman–Crippen LogP) is 2.20. The Kier molecular flexibility index (Phi) is 2.84. The van der Waals surface area contributed by atoms with E-state index in [1.165, 1.54) is 12.3 Å². The van der Waals surface area contributed by atoms with Gasteiger partial charge in [0.1, 0.15) is 0 Å². The van der Waals surface area contributed by atoms with Crippen molar-refractivity contribution in [2.45, 2.75) is 0 Å². The molecule has 0 fully saturated rings. The highest BCUT2D eigenvalue weighted by Gasteiger charge is 1.95. The molecule has 0 spiro atoms. The Balaban J connectivity index is 2.32. The van der Waals surface area contributed by atoms with Gasteiger partial charge in [-0.15, -0.1) is 0 Å². The van der Waals surface area contributed by atoms with Crippen LogP contribution in [-0.4, -0.2) is 4.98 Å². The van der Waals surface area contributed by atoms with Crippen LogP contribution >= 0.6 is 0 Å². The zero-order valence-electron chi connectivity index (χ0n) is 8.44. The number of nitrogens with two attached hydrogens (primary N) is 1. The van der Waals surface area contributed by atoms with Crippen molar-refractivity contribution in [3.8, 4) is 11.8 Å². The fraction of sp³-hybridized carbons (Fsp3) is 0. The second-order valence-electron chi connectivity index (χ2n) is 3.23. The van der Waals surface area contributed by atoms with E-state index in [1.54, 1.807) is 12.1 Å². The number of hydrogen-bond donors (Lipinski definition) is 1. The van der Waals surface area contributed by atoms with E-state index in [0.717, 1.165) is 11.8 Å². The molecule has 2 aromatic rings. The van der Waals surface area contributed by atoms with Gasteiger partial charge in [0.05, 0.1) is 11.8 Å². The minimum Gasteiger partial charge on any atom is -0.399 e. The average molecular weight is 212 g/mol. The first-order valence-electron chi connectivity index (χ1n) is 4.73. The molecule has 2 rings (SSSR count). The Morgan fingerprint density at radius 2 is 2.06 bits per heavy atom. The molecule has 2 nitrogen and oxygen atoms in total. The first-order chi connectivity index (χ1) is 7.75. The van der Waals surface area contributed by atoms with Crippen molar-refractivity contribution in [2.75, 3.05) is 5.73 Å². The molecule has 0 radical (unpaired) electrons. The van der Waals surface area contributed by atoms with E-state index in [9.17, 15) is 4.39 Å². The van der Waals surface area contributed by atoms with Gasteiger partial charge in [0.25, 0.3) is 0 Å². The maximum atomic E-state index is 13.2. The lowest BCUT2D eigenvalue weighted by molar-refractivity contribution is 0.618. The predicted molar refractivity (Wildman–Crippen MR) is 61.0 cm³/mol. The maximum absolute atomic E-state index is 13.2. The Morgan fingerprint density at radius 3 is 2.81 bits per heavy atom. The topological polar surface area (TPSA) is 38.9 Å². The van der Waals surface area contributed by atoms with E-state index in [0.29, 0.717) is 11.3 Å². The maximum Gasteiger partial charge on any atom is 0.157 e. The van der Waals surface area contributed by atoms with Crippen molar-refractivity contribution in [3.05, 3.63) is 59.7 Å². The quantitative estimate of drug-likeness (QED) is 0.537. The second kappa shape index (κ2) is 4.45. The summed E-state index contributed by atoms with van der Waals surface area (Å²) in [4.78, 5) is 3.65. The normalized spacial score (nSPS) is 9.31. The SMILES string of the molecule is Nc1cccc(C#Cc2ccncc2F)c1. The van der Waals surface area contributed by atoms with Crippen LogP contribution in [-0.2, 0) is 0 Å². The van der Waals surface area contributed by atoms with Crippen molar-refractivity contribution in [3.63, 3.8) is 0 Å². The van der Waals surface area contributed by atoms with Gasteiger partial charge in [-0.2, -0.15) is 0 Å². The molecule has 1 aromatic carbocycles.